The fraction of sp³-hybridized carbons (Fsp3) is 0.300. The highest BCUT2D eigenvalue weighted by Gasteiger charge is 2.22. The second-order valence-corrected chi connectivity index (χ2v) is 5.50. The van der Waals surface area contributed by atoms with Gasteiger partial charge in [0.05, 0.1) is 16.4 Å². The molecule has 3 N–H and O–H groups in total. The molecule has 0 unspecified atom stereocenters. The average molecular weight is 289 g/mol. The van der Waals surface area contributed by atoms with E-state index in [-0.39, 0.29) is 5.75 Å². The normalized spacial score (nSPS) is 11.8. The Bertz CT molecular complexity index is 431. The molecule has 0 bridgehead atoms. The molecule has 0 spiro atoms. The molecule has 1 aromatic rings. The largest absolute Gasteiger partial charge is 0.481 e. The van der Waals surface area contributed by atoms with E-state index in [9.17, 15) is 14.4 Å². The Morgan fingerprint density at radius 1 is 1.39 bits per heavy atom. The molecule has 0 fully saturated rings. The van der Waals surface area contributed by atoms with E-state index in [0.29, 0.717) is 0 Å². The molecule has 0 aliphatic carbocycles. The Morgan fingerprint density at radius 2 is 2.11 bits per heavy atom. The summed E-state index contributed by atoms with van der Waals surface area (Å²) >= 11 is 2.75. The van der Waals surface area contributed by atoms with E-state index >= 15 is 0 Å². The third kappa shape index (κ3) is 5.19. The molecular weight excluding hydrogens is 278 g/mol. The first-order valence-corrected chi connectivity index (χ1v) is 6.76. The van der Waals surface area contributed by atoms with Gasteiger partial charge < -0.3 is 15.5 Å². The van der Waals surface area contributed by atoms with Crippen LogP contribution in [0.25, 0.3) is 0 Å². The van der Waals surface area contributed by atoms with Gasteiger partial charge in [0, 0.05) is 0 Å². The van der Waals surface area contributed by atoms with E-state index in [1.54, 1.807) is 0 Å². The van der Waals surface area contributed by atoms with Crippen LogP contribution in [0.5, 0.6) is 0 Å². The summed E-state index contributed by atoms with van der Waals surface area (Å²) in [7, 11) is 0. The van der Waals surface area contributed by atoms with Gasteiger partial charge in [0.2, 0.25) is 5.91 Å². The summed E-state index contributed by atoms with van der Waals surface area (Å²) in [5.74, 6) is -3.06. The molecule has 0 aliphatic heterocycles. The van der Waals surface area contributed by atoms with Crippen LogP contribution in [0.1, 0.15) is 6.42 Å². The lowest BCUT2D eigenvalue weighted by Gasteiger charge is -2.11. The molecule has 0 saturated heterocycles. The van der Waals surface area contributed by atoms with Gasteiger partial charge in [-0.25, -0.2) is 4.79 Å². The van der Waals surface area contributed by atoms with Crippen LogP contribution >= 0.6 is 23.1 Å². The maximum absolute atomic E-state index is 11.5. The van der Waals surface area contributed by atoms with Crippen molar-refractivity contribution in [3.63, 3.8) is 0 Å². The first kappa shape index (κ1) is 14.5. The lowest BCUT2D eigenvalue weighted by molar-refractivity contribution is -0.147. The number of thioether (sulfide) groups is 1. The zero-order valence-electron chi connectivity index (χ0n) is 9.16. The van der Waals surface area contributed by atoms with Gasteiger partial charge in [-0.1, -0.05) is 6.07 Å². The molecule has 1 aromatic heterocycles. The minimum absolute atomic E-state index is 0.0594. The van der Waals surface area contributed by atoms with Crippen molar-refractivity contribution in [3.8, 4) is 0 Å². The van der Waals surface area contributed by atoms with E-state index in [1.807, 2.05) is 17.5 Å². The zero-order chi connectivity index (χ0) is 13.5. The number of nitrogens with one attached hydrogen (secondary N) is 1. The molecule has 98 valence electrons. The minimum Gasteiger partial charge on any atom is -0.481 e. The summed E-state index contributed by atoms with van der Waals surface area (Å²) in [5, 5.41) is 21.3. The van der Waals surface area contributed by atoms with Crippen molar-refractivity contribution >= 4 is 40.9 Å². The number of aliphatic carboxylic acids is 2. The summed E-state index contributed by atoms with van der Waals surface area (Å²) in [6, 6.07) is 2.29. The molecule has 1 amide bonds. The molecule has 0 aliphatic rings. The predicted octanol–water partition coefficient (Wildman–Crippen LogP) is 0.884. The van der Waals surface area contributed by atoms with E-state index in [2.05, 4.69) is 5.32 Å². The Labute approximate surface area is 111 Å². The van der Waals surface area contributed by atoms with Gasteiger partial charge >= 0.3 is 11.9 Å². The van der Waals surface area contributed by atoms with Crippen LogP contribution in [0.15, 0.2) is 21.7 Å². The zero-order valence-corrected chi connectivity index (χ0v) is 10.8. The number of thiophene rings is 1. The second-order valence-electron chi connectivity index (χ2n) is 3.28. The molecule has 0 radical (unpaired) electrons. The van der Waals surface area contributed by atoms with Crippen molar-refractivity contribution in [2.24, 2.45) is 0 Å². The van der Waals surface area contributed by atoms with Crippen molar-refractivity contribution < 1.29 is 24.6 Å². The van der Waals surface area contributed by atoms with Crippen LogP contribution in [-0.2, 0) is 14.4 Å². The molecule has 0 aromatic carbocycles. The van der Waals surface area contributed by atoms with Crippen molar-refractivity contribution in [1.29, 1.82) is 0 Å². The number of rotatable bonds is 7. The highest BCUT2D eigenvalue weighted by atomic mass is 32.2. The number of carbonyl (C=O) groups is 3. The maximum atomic E-state index is 11.5. The van der Waals surface area contributed by atoms with E-state index in [0.717, 1.165) is 4.21 Å². The predicted molar refractivity (Wildman–Crippen MR) is 66.9 cm³/mol. The average Bonchev–Trinajstić information content (AvgIpc) is 2.77. The number of amides is 1. The van der Waals surface area contributed by atoms with E-state index in [4.69, 9.17) is 10.2 Å². The maximum Gasteiger partial charge on any atom is 0.326 e. The minimum atomic E-state index is -1.39. The lowest BCUT2D eigenvalue weighted by atomic mass is 10.2. The summed E-state index contributed by atoms with van der Waals surface area (Å²) in [6.45, 7) is 0. The fourth-order valence-electron chi connectivity index (χ4n) is 1.09. The number of carboxylic acid groups (broad SMARTS) is 2. The van der Waals surface area contributed by atoms with Crippen LogP contribution in [0.2, 0.25) is 0 Å². The summed E-state index contributed by atoms with van der Waals surface area (Å²) < 4.78 is 0.940. The highest BCUT2D eigenvalue weighted by molar-refractivity contribution is 8.01. The monoisotopic (exact) mass is 289 g/mol. The summed E-state index contributed by atoms with van der Waals surface area (Å²) in [5.41, 5.74) is 0. The number of hydrogen-bond donors (Lipinski definition) is 3. The number of hydrogen-bond acceptors (Lipinski definition) is 5. The van der Waals surface area contributed by atoms with Gasteiger partial charge in [0.15, 0.2) is 0 Å². The van der Waals surface area contributed by atoms with Crippen molar-refractivity contribution in [1.82, 2.24) is 5.32 Å². The topological polar surface area (TPSA) is 104 Å². The van der Waals surface area contributed by atoms with Crippen LogP contribution in [-0.4, -0.2) is 39.9 Å². The smallest absolute Gasteiger partial charge is 0.326 e. The fourth-order valence-corrected chi connectivity index (χ4v) is 2.69. The van der Waals surface area contributed by atoms with Crippen LogP contribution in [0, 0.1) is 0 Å². The Kier molecular flexibility index (Phi) is 5.66. The van der Waals surface area contributed by atoms with Crippen LogP contribution in [0.4, 0.5) is 0 Å². The second kappa shape index (κ2) is 7.02. The van der Waals surface area contributed by atoms with Gasteiger partial charge in [0.1, 0.15) is 6.04 Å². The number of carbonyl (C=O) groups excluding carboxylic acids is 1. The van der Waals surface area contributed by atoms with Crippen molar-refractivity contribution in [2.45, 2.75) is 16.7 Å². The molecule has 1 atom stereocenters. The van der Waals surface area contributed by atoms with Gasteiger partial charge in [-0.3, -0.25) is 9.59 Å². The van der Waals surface area contributed by atoms with Crippen LogP contribution < -0.4 is 5.32 Å². The van der Waals surface area contributed by atoms with Crippen molar-refractivity contribution in [3.05, 3.63) is 17.5 Å². The third-order valence-corrected chi connectivity index (χ3v) is 3.98. The first-order chi connectivity index (χ1) is 8.49. The quantitative estimate of drug-likeness (QED) is 0.644. The molecule has 8 heteroatoms. The van der Waals surface area contributed by atoms with Gasteiger partial charge in [-0.2, -0.15) is 0 Å². The Hall–Kier alpha value is -1.54. The highest BCUT2D eigenvalue weighted by Crippen LogP contribution is 2.22. The molecule has 6 nitrogen and oxygen atoms in total. The summed E-state index contributed by atoms with van der Waals surface area (Å²) in [4.78, 5) is 32.6. The standard InChI is InChI=1S/C10H11NO5S2/c12-7(5-18-9-2-1-3-17-9)11-6(10(15)16)4-8(13)14/h1-3,6H,4-5H2,(H,11,12)(H,13,14)(H,15,16)/t6-/m1/s1. The molecule has 18 heavy (non-hydrogen) atoms. The van der Waals surface area contributed by atoms with Crippen molar-refractivity contribution in [2.75, 3.05) is 5.75 Å². The number of carboxylic acids is 2. The van der Waals surface area contributed by atoms with E-state index < -0.39 is 30.3 Å². The van der Waals surface area contributed by atoms with E-state index in [1.165, 1.54) is 23.1 Å². The van der Waals surface area contributed by atoms with Gasteiger partial charge in [-0.15, -0.1) is 23.1 Å². The molecule has 1 rings (SSSR count). The Morgan fingerprint density at radius 3 is 2.61 bits per heavy atom. The molecule has 1 heterocycles. The molecular formula is C10H11NO5S2. The Balaban J connectivity index is 2.41. The summed E-state index contributed by atoms with van der Waals surface area (Å²) in [6.07, 6.45) is -0.634. The van der Waals surface area contributed by atoms with Gasteiger partial charge in [-0.05, 0) is 11.4 Å². The van der Waals surface area contributed by atoms with Gasteiger partial charge in [0.25, 0.3) is 0 Å². The molecule has 0 saturated carbocycles. The third-order valence-electron chi connectivity index (χ3n) is 1.85. The SMILES string of the molecule is O=C(O)C[C@@H](NC(=O)CSc1cccs1)C(=O)O. The van der Waals surface area contributed by atoms with Crippen LogP contribution in [0.3, 0.4) is 0 Å². The lowest BCUT2D eigenvalue weighted by Crippen LogP contribution is -2.43. The first-order valence-electron chi connectivity index (χ1n) is 4.89.